The van der Waals surface area contributed by atoms with E-state index >= 15 is 4.39 Å². The van der Waals surface area contributed by atoms with Gasteiger partial charge in [0.1, 0.15) is 16.5 Å². The van der Waals surface area contributed by atoms with E-state index in [1.165, 1.54) is 42.5 Å². The number of carbonyl (C=O) groups excluding carboxylic acids is 2. The largest absolute Gasteiger partial charge is 0.462 e. The lowest BCUT2D eigenvalue weighted by molar-refractivity contribution is 0.0526. The number of hydrogen-bond acceptors (Lipinski definition) is 5. The van der Waals surface area contributed by atoms with Gasteiger partial charge >= 0.3 is 5.97 Å². The van der Waals surface area contributed by atoms with Gasteiger partial charge in [-0.25, -0.2) is 22.0 Å². The highest BCUT2D eigenvalue weighted by Crippen LogP contribution is 2.26. The second-order valence-corrected chi connectivity index (χ2v) is 11.3. The summed E-state index contributed by atoms with van der Waals surface area (Å²) in [6, 6.07) is 21.8. The lowest BCUT2D eigenvalue weighted by Gasteiger charge is -2.23. The van der Waals surface area contributed by atoms with Crippen molar-refractivity contribution in [3.8, 4) is 0 Å². The molecule has 0 aliphatic rings. The molecule has 0 aromatic heterocycles. The topological polar surface area (TPSA) is 92.8 Å². The number of rotatable bonds is 11. The lowest BCUT2D eigenvalue weighted by Crippen LogP contribution is -2.31. The zero-order chi connectivity index (χ0) is 30.3. The number of nitrogens with zero attached hydrogens (tertiary/aromatic N) is 1. The van der Waals surface area contributed by atoms with Gasteiger partial charge in [0.2, 0.25) is 10.0 Å². The number of benzene rings is 4. The first-order valence-corrected chi connectivity index (χ1v) is 14.8. The van der Waals surface area contributed by atoms with E-state index in [-0.39, 0.29) is 25.3 Å². The first-order valence-electron chi connectivity index (χ1n) is 13.3. The molecule has 0 atom stereocenters. The number of amides is 1. The van der Waals surface area contributed by atoms with Gasteiger partial charge in [0, 0.05) is 24.3 Å². The minimum atomic E-state index is -4.52. The number of para-hydroxylation sites is 1. The van der Waals surface area contributed by atoms with Crippen molar-refractivity contribution in [2.45, 2.75) is 38.3 Å². The van der Waals surface area contributed by atoms with Crippen LogP contribution in [0.25, 0.3) is 0 Å². The van der Waals surface area contributed by atoms with Crippen LogP contribution in [-0.2, 0) is 34.3 Å². The zero-order valence-corrected chi connectivity index (χ0v) is 24.0. The third kappa shape index (κ3) is 7.26. The maximum Gasteiger partial charge on any atom is 0.338 e. The molecule has 10 heteroatoms. The molecule has 7 nitrogen and oxygen atoms in total. The Bertz CT molecular complexity index is 1670. The number of ether oxygens (including phenoxy) is 1. The third-order valence-corrected chi connectivity index (χ3v) is 8.36. The molecule has 0 unspecified atom stereocenters. The first-order chi connectivity index (χ1) is 20.1. The fourth-order valence-electron chi connectivity index (χ4n) is 4.31. The monoisotopic (exact) mass is 592 g/mol. The summed E-state index contributed by atoms with van der Waals surface area (Å²) in [5.74, 6) is -2.62. The number of hydrogen-bond donors (Lipinski definition) is 1. The third-order valence-electron chi connectivity index (χ3n) is 6.55. The van der Waals surface area contributed by atoms with E-state index in [9.17, 15) is 22.4 Å². The van der Waals surface area contributed by atoms with Crippen LogP contribution in [0.5, 0.6) is 0 Å². The van der Waals surface area contributed by atoms with Crippen molar-refractivity contribution in [1.82, 2.24) is 4.31 Å². The van der Waals surface area contributed by atoms with Gasteiger partial charge in [-0.2, -0.15) is 4.31 Å². The molecule has 0 saturated heterocycles. The van der Waals surface area contributed by atoms with Crippen molar-refractivity contribution in [1.29, 1.82) is 0 Å². The molecular formula is C32H30F2N2O5S. The number of aryl methyl sites for hydroxylation is 1. The molecule has 0 fully saturated rings. The summed E-state index contributed by atoms with van der Waals surface area (Å²) in [6.07, 6.45) is 0.665. The number of anilines is 1. The van der Waals surface area contributed by atoms with E-state index in [0.717, 1.165) is 22.0 Å². The second-order valence-electron chi connectivity index (χ2n) is 9.43. The molecule has 4 aromatic carbocycles. The van der Waals surface area contributed by atoms with Gasteiger partial charge in [0.25, 0.3) is 5.91 Å². The second kappa shape index (κ2) is 13.5. The molecule has 0 aliphatic carbocycles. The zero-order valence-electron chi connectivity index (χ0n) is 23.1. The van der Waals surface area contributed by atoms with Gasteiger partial charge in [0.05, 0.1) is 12.2 Å². The number of carbonyl (C=O) groups is 2. The standard InChI is InChI=1S/C32H30F2N2O5S/c1-3-24-7-5-6-8-29(24)35-31(37)26-15-18-28(34)30(19-26)42(39,40)36(21-23-11-16-27(33)17-12-23)20-22-9-13-25(14-10-22)32(38)41-4-2/h5-19H,3-4,20-21H2,1-2H3,(H,35,37). The van der Waals surface area contributed by atoms with Gasteiger partial charge in [0.15, 0.2) is 0 Å². The molecule has 0 radical (unpaired) electrons. The van der Waals surface area contributed by atoms with Gasteiger partial charge in [-0.3, -0.25) is 4.79 Å². The van der Waals surface area contributed by atoms with Crippen LogP contribution < -0.4 is 5.32 Å². The highest BCUT2D eigenvalue weighted by molar-refractivity contribution is 7.89. The Balaban J connectivity index is 1.68. The fraction of sp³-hybridized carbons (Fsp3) is 0.188. The summed E-state index contributed by atoms with van der Waals surface area (Å²) < 4.78 is 62.6. The lowest BCUT2D eigenvalue weighted by atomic mass is 10.1. The molecule has 0 aliphatic heterocycles. The smallest absolute Gasteiger partial charge is 0.338 e. The maximum atomic E-state index is 15.1. The van der Waals surface area contributed by atoms with Crippen LogP contribution in [0.15, 0.2) is 95.9 Å². The summed E-state index contributed by atoms with van der Waals surface area (Å²) in [6.45, 7) is 3.43. The van der Waals surface area contributed by atoms with Crippen LogP contribution in [0.3, 0.4) is 0 Å². The predicted molar refractivity (Wildman–Crippen MR) is 155 cm³/mol. The van der Waals surface area contributed by atoms with E-state index in [1.54, 1.807) is 31.2 Å². The number of halogens is 2. The van der Waals surface area contributed by atoms with Crippen molar-refractivity contribution < 1.29 is 31.5 Å². The predicted octanol–water partition coefficient (Wildman–Crippen LogP) is 6.35. The molecule has 0 bridgehead atoms. The highest BCUT2D eigenvalue weighted by Gasteiger charge is 2.29. The van der Waals surface area contributed by atoms with E-state index in [2.05, 4.69) is 5.32 Å². The van der Waals surface area contributed by atoms with Crippen LogP contribution >= 0.6 is 0 Å². The number of sulfonamides is 1. The molecule has 0 heterocycles. The highest BCUT2D eigenvalue weighted by atomic mass is 32.2. The number of esters is 1. The molecular weight excluding hydrogens is 562 g/mol. The molecule has 0 saturated carbocycles. The van der Waals surface area contributed by atoms with Crippen molar-refractivity contribution in [2.24, 2.45) is 0 Å². The molecule has 1 amide bonds. The van der Waals surface area contributed by atoms with Crippen LogP contribution in [0.1, 0.15) is 51.3 Å². The number of nitrogens with one attached hydrogen (secondary N) is 1. The summed E-state index contributed by atoms with van der Waals surface area (Å²) in [4.78, 5) is 24.4. The Labute approximate surface area is 243 Å². The van der Waals surface area contributed by atoms with Gasteiger partial charge in [-0.15, -0.1) is 0 Å². The Morgan fingerprint density at radius 3 is 2.02 bits per heavy atom. The van der Waals surface area contributed by atoms with Crippen LogP contribution in [0.4, 0.5) is 14.5 Å². The molecule has 0 spiro atoms. The summed E-state index contributed by atoms with van der Waals surface area (Å²) >= 11 is 0. The van der Waals surface area contributed by atoms with Crippen molar-refractivity contribution in [3.05, 3.63) is 130 Å². The Morgan fingerprint density at radius 2 is 1.40 bits per heavy atom. The van der Waals surface area contributed by atoms with Crippen molar-refractivity contribution >= 4 is 27.6 Å². The average molecular weight is 593 g/mol. The molecule has 218 valence electrons. The Morgan fingerprint density at radius 1 is 0.810 bits per heavy atom. The first kappa shape index (κ1) is 30.5. The van der Waals surface area contributed by atoms with E-state index in [1.807, 2.05) is 19.1 Å². The molecule has 4 aromatic rings. The summed E-state index contributed by atoms with van der Waals surface area (Å²) in [5, 5.41) is 2.77. The van der Waals surface area contributed by atoms with Gasteiger partial charge in [-0.1, -0.05) is 49.4 Å². The Hall–Kier alpha value is -4.41. The minimum Gasteiger partial charge on any atom is -0.462 e. The van der Waals surface area contributed by atoms with Gasteiger partial charge < -0.3 is 10.1 Å². The molecule has 1 N–H and O–H groups in total. The van der Waals surface area contributed by atoms with E-state index < -0.39 is 38.4 Å². The van der Waals surface area contributed by atoms with Crippen LogP contribution in [0, 0.1) is 11.6 Å². The van der Waals surface area contributed by atoms with E-state index in [4.69, 9.17) is 4.74 Å². The quantitative estimate of drug-likeness (QED) is 0.205. The minimum absolute atomic E-state index is 0.0404. The summed E-state index contributed by atoms with van der Waals surface area (Å²) in [5.41, 5.74) is 2.69. The Kier molecular flexibility index (Phi) is 9.82. The molecule has 42 heavy (non-hydrogen) atoms. The van der Waals surface area contributed by atoms with Crippen molar-refractivity contribution in [2.75, 3.05) is 11.9 Å². The van der Waals surface area contributed by atoms with Crippen molar-refractivity contribution in [3.63, 3.8) is 0 Å². The van der Waals surface area contributed by atoms with Gasteiger partial charge in [-0.05, 0) is 78.6 Å². The van der Waals surface area contributed by atoms with Crippen LogP contribution in [0.2, 0.25) is 0 Å². The SMILES string of the molecule is CCOC(=O)c1ccc(CN(Cc2ccc(F)cc2)S(=O)(=O)c2cc(C(=O)Nc3ccccc3CC)ccc2F)cc1. The summed E-state index contributed by atoms with van der Waals surface area (Å²) in [7, 11) is -4.52. The molecule has 4 rings (SSSR count). The fourth-order valence-corrected chi connectivity index (χ4v) is 5.82. The normalized spacial score (nSPS) is 11.4. The van der Waals surface area contributed by atoms with E-state index in [0.29, 0.717) is 28.8 Å². The average Bonchev–Trinajstić information content (AvgIpc) is 2.98. The maximum absolute atomic E-state index is 15.1. The van der Waals surface area contributed by atoms with Crippen LogP contribution in [-0.4, -0.2) is 31.2 Å².